The lowest BCUT2D eigenvalue weighted by Gasteiger charge is -2.21. The van der Waals surface area contributed by atoms with Crippen LogP contribution in [0.25, 0.3) is 0 Å². The second-order valence-corrected chi connectivity index (χ2v) is 4.74. The average molecular weight is 229 g/mol. The first-order chi connectivity index (χ1) is 7.74. The second kappa shape index (κ2) is 11.4. The first-order valence-electron chi connectivity index (χ1n) is 7.05. The Morgan fingerprint density at radius 2 is 1.94 bits per heavy atom. The fourth-order valence-electron chi connectivity index (χ4n) is 1.88. The van der Waals surface area contributed by atoms with Crippen molar-refractivity contribution in [3.8, 4) is 0 Å². The van der Waals surface area contributed by atoms with E-state index in [0.717, 1.165) is 25.7 Å². The average Bonchev–Trinajstić information content (AvgIpc) is 2.30. The molecule has 2 unspecified atom stereocenters. The largest absolute Gasteiger partial charge is 0.382 e. The fourth-order valence-corrected chi connectivity index (χ4v) is 1.88. The molecule has 1 N–H and O–H groups in total. The normalized spacial score (nSPS) is 15.0. The van der Waals surface area contributed by atoms with Crippen LogP contribution in [0.3, 0.4) is 0 Å². The summed E-state index contributed by atoms with van der Waals surface area (Å²) < 4.78 is 5.39. The van der Waals surface area contributed by atoms with E-state index in [4.69, 9.17) is 4.74 Å². The summed E-state index contributed by atoms with van der Waals surface area (Å²) in [4.78, 5) is 0. The SMILES string of the molecule is CCCNC(CCCOCC)CC(C)CC. The molecule has 0 bridgehead atoms. The van der Waals surface area contributed by atoms with Crippen LogP contribution in [0.2, 0.25) is 0 Å². The summed E-state index contributed by atoms with van der Waals surface area (Å²) >= 11 is 0. The van der Waals surface area contributed by atoms with Gasteiger partial charge in [-0.25, -0.2) is 0 Å². The maximum atomic E-state index is 5.39. The molecule has 0 aromatic heterocycles. The molecular weight excluding hydrogens is 198 g/mol. The Kier molecular flexibility index (Phi) is 11.3. The van der Waals surface area contributed by atoms with Gasteiger partial charge in [0, 0.05) is 19.3 Å². The standard InChI is InChI=1S/C14H31NO/c1-5-10-15-14(12-13(4)6-2)9-8-11-16-7-3/h13-15H,5-12H2,1-4H3. The highest BCUT2D eigenvalue weighted by atomic mass is 16.5. The van der Waals surface area contributed by atoms with Crippen molar-refractivity contribution in [2.45, 2.75) is 65.8 Å². The molecule has 16 heavy (non-hydrogen) atoms. The predicted molar refractivity (Wildman–Crippen MR) is 71.9 cm³/mol. The van der Waals surface area contributed by atoms with Crippen LogP contribution in [-0.2, 0) is 4.74 Å². The molecule has 0 aliphatic rings. The van der Waals surface area contributed by atoms with Gasteiger partial charge in [-0.2, -0.15) is 0 Å². The molecule has 0 aromatic carbocycles. The van der Waals surface area contributed by atoms with Gasteiger partial charge in [0.2, 0.25) is 0 Å². The van der Waals surface area contributed by atoms with Crippen molar-refractivity contribution in [2.24, 2.45) is 5.92 Å². The summed E-state index contributed by atoms with van der Waals surface area (Å²) in [5.41, 5.74) is 0. The van der Waals surface area contributed by atoms with E-state index in [1.165, 1.54) is 32.1 Å². The Bertz CT molecular complexity index is 139. The lowest BCUT2D eigenvalue weighted by atomic mass is 9.96. The second-order valence-electron chi connectivity index (χ2n) is 4.74. The maximum Gasteiger partial charge on any atom is 0.0466 e. The summed E-state index contributed by atoms with van der Waals surface area (Å²) in [6.45, 7) is 11.8. The van der Waals surface area contributed by atoms with E-state index in [9.17, 15) is 0 Å². The minimum absolute atomic E-state index is 0.690. The molecule has 0 rings (SSSR count). The van der Waals surface area contributed by atoms with Crippen molar-refractivity contribution < 1.29 is 4.74 Å². The van der Waals surface area contributed by atoms with Gasteiger partial charge in [0.15, 0.2) is 0 Å². The van der Waals surface area contributed by atoms with E-state index in [2.05, 4.69) is 33.0 Å². The monoisotopic (exact) mass is 229 g/mol. The first-order valence-corrected chi connectivity index (χ1v) is 7.05. The molecular formula is C14H31NO. The van der Waals surface area contributed by atoms with Gasteiger partial charge < -0.3 is 10.1 Å². The van der Waals surface area contributed by atoms with E-state index < -0.39 is 0 Å². The summed E-state index contributed by atoms with van der Waals surface area (Å²) in [6.07, 6.45) is 6.26. The van der Waals surface area contributed by atoms with E-state index >= 15 is 0 Å². The molecule has 0 aromatic rings. The number of nitrogens with one attached hydrogen (secondary N) is 1. The molecule has 2 heteroatoms. The van der Waals surface area contributed by atoms with Crippen molar-refractivity contribution in [3.63, 3.8) is 0 Å². The molecule has 0 saturated carbocycles. The van der Waals surface area contributed by atoms with Gasteiger partial charge in [-0.05, 0) is 45.1 Å². The smallest absolute Gasteiger partial charge is 0.0466 e. The van der Waals surface area contributed by atoms with Crippen LogP contribution >= 0.6 is 0 Å². The van der Waals surface area contributed by atoms with E-state index in [-0.39, 0.29) is 0 Å². The van der Waals surface area contributed by atoms with Crippen molar-refractivity contribution >= 4 is 0 Å². The van der Waals surface area contributed by atoms with Gasteiger partial charge in [0.25, 0.3) is 0 Å². The van der Waals surface area contributed by atoms with Gasteiger partial charge in [0.05, 0.1) is 0 Å². The first kappa shape index (κ1) is 15.9. The van der Waals surface area contributed by atoms with Gasteiger partial charge in [0.1, 0.15) is 0 Å². The molecule has 0 aliphatic heterocycles. The fraction of sp³-hybridized carbons (Fsp3) is 1.00. The highest BCUT2D eigenvalue weighted by molar-refractivity contribution is 4.69. The van der Waals surface area contributed by atoms with Crippen molar-refractivity contribution in [1.29, 1.82) is 0 Å². The molecule has 2 atom stereocenters. The van der Waals surface area contributed by atoms with Crippen molar-refractivity contribution in [1.82, 2.24) is 5.32 Å². The van der Waals surface area contributed by atoms with E-state index in [1.54, 1.807) is 0 Å². The van der Waals surface area contributed by atoms with Crippen LogP contribution in [0.5, 0.6) is 0 Å². The quantitative estimate of drug-likeness (QED) is 0.547. The minimum Gasteiger partial charge on any atom is -0.382 e. The Labute approximate surface area is 102 Å². The number of rotatable bonds is 11. The highest BCUT2D eigenvalue weighted by Gasteiger charge is 2.10. The summed E-state index contributed by atoms with van der Waals surface area (Å²) in [5.74, 6) is 0.835. The lowest BCUT2D eigenvalue weighted by Crippen LogP contribution is -2.31. The van der Waals surface area contributed by atoms with Gasteiger partial charge in [-0.1, -0.05) is 27.2 Å². The van der Waals surface area contributed by atoms with Crippen LogP contribution in [0.4, 0.5) is 0 Å². The zero-order valence-corrected chi connectivity index (χ0v) is 11.7. The lowest BCUT2D eigenvalue weighted by molar-refractivity contribution is 0.139. The molecule has 0 fully saturated rings. The van der Waals surface area contributed by atoms with Crippen LogP contribution in [-0.4, -0.2) is 25.8 Å². The number of hydrogen-bond donors (Lipinski definition) is 1. The zero-order valence-electron chi connectivity index (χ0n) is 11.7. The van der Waals surface area contributed by atoms with Gasteiger partial charge in [-0.3, -0.25) is 0 Å². The van der Waals surface area contributed by atoms with Crippen LogP contribution in [0, 0.1) is 5.92 Å². The van der Waals surface area contributed by atoms with E-state index in [0.29, 0.717) is 6.04 Å². The third kappa shape index (κ3) is 9.17. The molecule has 0 saturated heterocycles. The minimum atomic E-state index is 0.690. The van der Waals surface area contributed by atoms with Gasteiger partial charge >= 0.3 is 0 Å². The van der Waals surface area contributed by atoms with Crippen LogP contribution < -0.4 is 5.32 Å². The number of ether oxygens (including phenoxy) is 1. The summed E-state index contributed by atoms with van der Waals surface area (Å²) in [7, 11) is 0. The molecule has 0 heterocycles. The molecule has 0 aliphatic carbocycles. The van der Waals surface area contributed by atoms with Crippen molar-refractivity contribution in [3.05, 3.63) is 0 Å². The third-order valence-electron chi connectivity index (χ3n) is 3.11. The van der Waals surface area contributed by atoms with Crippen LogP contribution in [0.15, 0.2) is 0 Å². The molecule has 98 valence electrons. The third-order valence-corrected chi connectivity index (χ3v) is 3.11. The molecule has 0 radical (unpaired) electrons. The maximum absolute atomic E-state index is 5.39. The van der Waals surface area contributed by atoms with Gasteiger partial charge in [-0.15, -0.1) is 0 Å². The summed E-state index contributed by atoms with van der Waals surface area (Å²) in [6, 6.07) is 0.690. The Balaban J connectivity index is 3.71. The topological polar surface area (TPSA) is 21.3 Å². The molecule has 0 spiro atoms. The predicted octanol–water partition coefficient (Wildman–Crippen LogP) is 3.61. The Hall–Kier alpha value is -0.0800. The summed E-state index contributed by atoms with van der Waals surface area (Å²) in [5, 5.41) is 3.66. The number of hydrogen-bond acceptors (Lipinski definition) is 2. The van der Waals surface area contributed by atoms with E-state index in [1.807, 2.05) is 0 Å². The zero-order chi connectivity index (χ0) is 12.2. The Morgan fingerprint density at radius 3 is 2.50 bits per heavy atom. The molecule has 2 nitrogen and oxygen atoms in total. The highest BCUT2D eigenvalue weighted by Crippen LogP contribution is 2.13. The van der Waals surface area contributed by atoms with Crippen LogP contribution in [0.1, 0.15) is 59.8 Å². The van der Waals surface area contributed by atoms with Crippen molar-refractivity contribution in [2.75, 3.05) is 19.8 Å². The molecule has 0 amide bonds. The Morgan fingerprint density at radius 1 is 1.19 bits per heavy atom.